The summed E-state index contributed by atoms with van der Waals surface area (Å²) in [5, 5.41) is 0. The van der Waals surface area contributed by atoms with E-state index in [9.17, 15) is 3.89 Å². The van der Waals surface area contributed by atoms with Gasteiger partial charge in [0, 0.05) is 4.90 Å². The zero-order valence-corrected chi connectivity index (χ0v) is 6.32. The van der Waals surface area contributed by atoms with Crippen molar-refractivity contribution in [2.24, 2.45) is 0 Å². The van der Waals surface area contributed by atoms with E-state index in [4.69, 9.17) is 4.74 Å². The minimum atomic E-state index is 0.232. The van der Waals surface area contributed by atoms with Gasteiger partial charge in [0.15, 0.2) is 0 Å². The van der Waals surface area contributed by atoms with Gasteiger partial charge < -0.3 is 4.74 Å². The second kappa shape index (κ2) is 3.46. The fourth-order valence-electron chi connectivity index (χ4n) is 0.627. The van der Waals surface area contributed by atoms with Crippen LogP contribution in [0.5, 0.6) is 5.75 Å². The zero-order chi connectivity index (χ0) is 7.40. The van der Waals surface area contributed by atoms with E-state index in [-0.39, 0.29) is 12.1 Å². The van der Waals surface area contributed by atoms with Crippen LogP contribution in [0.1, 0.15) is 0 Å². The van der Waals surface area contributed by atoms with E-state index in [0.717, 1.165) is 5.75 Å². The van der Waals surface area contributed by atoms with E-state index in [1.165, 1.54) is 0 Å². The Kier molecular flexibility index (Phi) is 2.57. The van der Waals surface area contributed by atoms with Crippen molar-refractivity contribution in [3.05, 3.63) is 24.3 Å². The molecule has 1 aromatic carbocycles. The van der Waals surface area contributed by atoms with Crippen LogP contribution < -0.4 is 4.74 Å². The zero-order valence-electron chi connectivity index (χ0n) is 5.50. The van der Waals surface area contributed by atoms with Gasteiger partial charge in [-0.2, -0.15) is 3.89 Å². The fraction of sp³-hybridized carbons (Fsp3) is 0.143. The number of hydrogen-bond donors (Lipinski definition) is 0. The second-order valence-electron chi connectivity index (χ2n) is 1.75. The number of halogens is 1. The summed E-state index contributed by atoms with van der Waals surface area (Å²) >= 11 is 0.232. The number of ether oxygens (including phenoxy) is 1. The number of rotatable bonds is 2. The molecule has 0 unspecified atom stereocenters. The summed E-state index contributed by atoms with van der Waals surface area (Å²) in [4.78, 5) is 0.598. The molecule has 0 aliphatic carbocycles. The Morgan fingerprint density at radius 1 is 1.30 bits per heavy atom. The topological polar surface area (TPSA) is 9.23 Å². The highest BCUT2D eigenvalue weighted by Crippen LogP contribution is 2.21. The summed E-state index contributed by atoms with van der Waals surface area (Å²) in [5.41, 5.74) is 0. The minimum Gasteiger partial charge on any atom is -0.497 e. The molecule has 0 bridgehead atoms. The Hall–Kier alpha value is -0.700. The Morgan fingerprint density at radius 2 is 1.90 bits per heavy atom. The summed E-state index contributed by atoms with van der Waals surface area (Å²) in [6.07, 6.45) is 0. The lowest BCUT2D eigenvalue weighted by molar-refractivity contribution is 0.414. The third kappa shape index (κ3) is 1.64. The van der Waals surface area contributed by atoms with E-state index in [1.807, 2.05) is 0 Å². The normalized spacial score (nSPS) is 9.40. The molecule has 0 amide bonds. The molecule has 0 radical (unpaired) electrons. The van der Waals surface area contributed by atoms with Crippen molar-refractivity contribution >= 4 is 12.1 Å². The molecule has 0 saturated heterocycles. The highest BCUT2D eigenvalue weighted by atomic mass is 32.2. The van der Waals surface area contributed by atoms with Gasteiger partial charge in [-0.05, 0) is 24.3 Å². The monoisotopic (exact) mass is 158 g/mol. The molecule has 0 aliphatic heterocycles. The van der Waals surface area contributed by atoms with Crippen molar-refractivity contribution < 1.29 is 8.62 Å². The number of benzene rings is 1. The van der Waals surface area contributed by atoms with Crippen molar-refractivity contribution in [1.82, 2.24) is 0 Å². The lowest BCUT2D eigenvalue weighted by Gasteiger charge is -1.97. The molecule has 0 heterocycles. The van der Waals surface area contributed by atoms with Gasteiger partial charge in [-0.15, -0.1) is 0 Å². The van der Waals surface area contributed by atoms with Crippen LogP contribution in [0.25, 0.3) is 0 Å². The molecule has 0 fully saturated rings. The quantitative estimate of drug-likeness (QED) is 0.654. The van der Waals surface area contributed by atoms with Crippen molar-refractivity contribution in [3.63, 3.8) is 0 Å². The molecule has 0 N–H and O–H groups in total. The molecule has 0 aliphatic rings. The van der Waals surface area contributed by atoms with Crippen LogP contribution in [0.4, 0.5) is 3.89 Å². The highest BCUT2D eigenvalue weighted by Gasteiger charge is 1.92. The summed E-state index contributed by atoms with van der Waals surface area (Å²) < 4.78 is 16.7. The maximum absolute atomic E-state index is 11.8. The van der Waals surface area contributed by atoms with Gasteiger partial charge in [-0.1, -0.05) is 0 Å². The highest BCUT2D eigenvalue weighted by molar-refractivity contribution is 7.94. The second-order valence-corrected chi connectivity index (χ2v) is 2.38. The van der Waals surface area contributed by atoms with Gasteiger partial charge in [0.2, 0.25) is 0 Å². The standard InChI is InChI=1S/C7H7FOS/c1-9-6-2-4-7(10-8)5-3-6/h2-5H,1H3. The summed E-state index contributed by atoms with van der Waals surface area (Å²) in [6, 6.07) is 6.79. The van der Waals surface area contributed by atoms with Crippen molar-refractivity contribution in [2.45, 2.75) is 4.90 Å². The molecule has 10 heavy (non-hydrogen) atoms. The van der Waals surface area contributed by atoms with E-state index in [0.29, 0.717) is 4.90 Å². The van der Waals surface area contributed by atoms with E-state index < -0.39 is 0 Å². The fourth-order valence-corrected chi connectivity index (χ4v) is 0.866. The molecule has 0 atom stereocenters. The molecule has 0 saturated carbocycles. The van der Waals surface area contributed by atoms with Crippen LogP contribution in [-0.2, 0) is 0 Å². The van der Waals surface area contributed by atoms with Gasteiger partial charge in [0.25, 0.3) is 0 Å². The molecular formula is C7H7FOS. The van der Waals surface area contributed by atoms with Gasteiger partial charge >= 0.3 is 0 Å². The number of hydrogen-bond acceptors (Lipinski definition) is 2. The first-order chi connectivity index (χ1) is 4.86. The van der Waals surface area contributed by atoms with Gasteiger partial charge in [0.05, 0.1) is 19.3 Å². The maximum Gasteiger partial charge on any atom is 0.118 e. The van der Waals surface area contributed by atoms with Crippen LogP contribution in [-0.4, -0.2) is 7.11 Å². The molecule has 54 valence electrons. The average Bonchev–Trinajstić information content (AvgIpc) is 2.05. The first kappa shape index (κ1) is 7.41. The molecule has 0 spiro atoms. The minimum absolute atomic E-state index is 0.232. The van der Waals surface area contributed by atoms with Gasteiger partial charge in [-0.25, -0.2) is 0 Å². The molecule has 0 aromatic heterocycles. The van der Waals surface area contributed by atoms with Crippen LogP contribution in [0, 0.1) is 0 Å². The third-order valence-corrected chi connectivity index (χ3v) is 1.60. The van der Waals surface area contributed by atoms with E-state index in [1.54, 1.807) is 31.4 Å². The Bertz CT molecular complexity index is 174. The van der Waals surface area contributed by atoms with Gasteiger partial charge in [-0.3, -0.25) is 0 Å². The maximum atomic E-state index is 11.8. The predicted octanol–water partition coefficient (Wildman–Crippen LogP) is 2.67. The van der Waals surface area contributed by atoms with E-state index >= 15 is 0 Å². The largest absolute Gasteiger partial charge is 0.497 e. The summed E-state index contributed by atoms with van der Waals surface area (Å²) in [6.45, 7) is 0. The first-order valence-electron chi connectivity index (χ1n) is 2.79. The Morgan fingerprint density at radius 3 is 2.30 bits per heavy atom. The molecule has 1 aromatic rings. The van der Waals surface area contributed by atoms with Crippen molar-refractivity contribution in [1.29, 1.82) is 0 Å². The average molecular weight is 158 g/mol. The number of methoxy groups -OCH3 is 1. The van der Waals surface area contributed by atoms with Crippen LogP contribution in [0.15, 0.2) is 29.2 Å². The summed E-state index contributed by atoms with van der Waals surface area (Å²) in [5.74, 6) is 0.748. The Labute approximate surface area is 63.5 Å². The third-order valence-electron chi connectivity index (χ3n) is 1.15. The smallest absolute Gasteiger partial charge is 0.118 e. The van der Waals surface area contributed by atoms with Crippen LogP contribution in [0.2, 0.25) is 0 Å². The molecule has 3 heteroatoms. The lowest BCUT2D eigenvalue weighted by Crippen LogP contribution is -1.80. The Balaban J connectivity index is 2.80. The van der Waals surface area contributed by atoms with Gasteiger partial charge in [0.1, 0.15) is 5.75 Å². The SMILES string of the molecule is COc1ccc(SF)cc1. The van der Waals surface area contributed by atoms with Crippen molar-refractivity contribution in [3.8, 4) is 5.75 Å². The molecule has 1 nitrogen and oxygen atoms in total. The molecular weight excluding hydrogens is 151 g/mol. The molecule has 1 rings (SSSR count). The van der Waals surface area contributed by atoms with Crippen LogP contribution in [0.3, 0.4) is 0 Å². The van der Waals surface area contributed by atoms with Crippen molar-refractivity contribution in [2.75, 3.05) is 7.11 Å². The van der Waals surface area contributed by atoms with E-state index in [2.05, 4.69) is 0 Å². The summed E-state index contributed by atoms with van der Waals surface area (Å²) in [7, 11) is 1.58. The lowest BCUT2D eigenvalue weighted by atomic mass is 10.3. The first-order valence-corrected chi connectivity index (χ1v) is 3.51. The predicted molar refractivity (Wildman–Crippen MR) is 40.0 cm³/mol. The van der Waals surface area contributed by atoms with Crippen LogP contribution >= 0.6 is 12.1 Å².